The van der Waals surface area contributed by atoms with E-state index in [0.29, 0.717) is 0 Å². The molecular formula is C9H6ClF5O2S. The highest BCUT2D eigenvalue weighted by atomic mass is 35.5. The highest BCUT2D eigenvalue weighted by Crippen LogP contribution is 2.27. The summed E-state index contributed by atoms with van der Waals surface area (Å²) in [6.07, 6.45) is -0.177. The van der Waals surface area contributed by atoms with Crippen molar-refractivity contribution in [2.24, 2.45) is 0 Å². The number of hydrogen-bond acceptors (Lipinski definition) is 2. The summed E-state index contributed by atoms with van der Waals surface area (Å²) in [4.78, 5) is -1.82. The number of benzene rings is 1. The van der Waals surface area contributed by atoms with Gasteiger partial charge in [-0.3, -0.25) is 0 Å². The summed E-state index contributed by atoms with van der Waals surface area (Å²) in [7, 11) is -4.63. The lowest BCUT2D eigenvalue weighted by Crippen LogP contribution is -2.16. The molecule has 0 N–H and O–H groups in total. The van der Waals surface area contributed by atoms with Crippen molar-refractivity contribution in [3.05, 3.63) is 29.1 Å². The van der Waals surface area contributed by atoms with Crippen LogP contribution in [0.25, 0.3) is 0 Å². The van der Waals surface area contributed by atoms with Crippen LogP contribution in [0, 0.1) is 29.1 Å². The van der Waals surface area contributed by atoms with Crippen LogP contribution in [0.4, 0.5) is 22.0 Å². The Balaban J connectivity index is 3.52. The quantitative estimate of drug-likeness (QED) is 0.282. The van der Waals surface area contributed by atoms with E-state index in [1.54, 1.807) is 0 Å². The lowest BCUT2D eigenvalue weighted by Gasteiger charge is -2.08. The Morgan fingerprint density at radius 2 is 1.22 bits per heavy atom. The van der Waals surface area contributed by atoms with Crippen LogP contribution in [-0.2, 0) is 9.84 Å². The molecule has 0 radical (unpaired) electrons. The van der Waals surface area contributed by atoms with Gasteiger partial charge in [-0.15, -0.1) is 11.6 Å². The minimum absolute atomic E-state index is 0.130. The normalized spacial score (nSPS) is 11.9. The standard InChI is InChI=1S/C9H6ClF5O2S/c10-2-1-3-18(16,17)9-7(14)5(12)4(11)6(13)8(9)15/h1-3H2. The van der Waals surface area contributed by atoms with Gasteiger partial charge in [0.25, 0.3) is 0 Å². The smallest absolute Gasteiger partial charge is 0.200 e. The zero-order valence-electron chi connectivity index (χ0n) is 8.61. The van der Waals surface area contributed by atoms with E-state index in [1.807, 2.05) is 0 Å². The van der Waals surface area contributed by atoms with Crippen molar-refractivity contribution < 1.29 is 30.4 Å². The molecule has 2 nitrogen and oxygen atoms in total. The molecule has 0 unspecified atom stereocenters. The summed E-state index contributed by atoms with van der Waals surface area (Å²) in [6, 6.07) is 0. The number of halogens is 6. The van der Waals surface area contributed by atoms with Crippen molar-refractivity contribution in [1.29, 1.82) is 0 Å². The van der Waals surface area contributed by atoms with Crippen molar-refractivity contribution in [3.63, 3.8) is 0 Å². The number of hydrogen-bond donors (Lipinski definition) is 0. The van der Waals surface area contributed by atoms with Gasteiger partial charge in [0.1, 0.15) is 4.90 Å². The van der Waals surface area contributed by atoms with E-state index < -0.39 is 49.6 Å². The Morgan fingerprint density at radius 3 is 1.61 bits per heavy atom. The molecule has 0 aliphatic carbocycles. The molecule has 0 saturated carbocycles. The van der Waals surface area contributed by atoms with Crippen LogP contribution < -0.4 is 0 Å². The van der Waals surface area contributed by atoms with Gasteiger partial charge in [-0.25, -0.2) is 30.4 Å². The molecule has 0 heterocycles. The van der Waals surface area contributed by atoms with Gasteiger partial charge in [0.15, 0.2) is 33.1 Å². The van der Waals surface area contributed by atoms with Crippen LogP contribution >= 0.6 is 11.6 Å². The second kappa shape index (κ2) is 5.40. The molecule has 0 aliphatic heterocycles. The van der Waals surface area contributed by atoms with Crippen LogP contribution in [0.5, 0.6) is 0 Å². The summed E-state index contributed by atoms with van der Waals surface area (Å²) in [6.45, 7) is 0. The second-order valence-electron chi connectivity index (χ2n) is 3.26. The molecule has 9 heteroatoms. The predicted octanol–water partition coefficient (Wildman–Crippen LogP) is 2.78. The highest BCUT2D eigenvalue weighted by molar-refractivity contribution is 7.91. The van der Waals surface area contributed by atoms with Gasteiger partial charge in [0.05, 0.1) is 5.75 Å². The Kier molecular flexibility index (Phi) is 4.55. The molecule has 0 bridgehead atoms. The topological polar surface area (TPSA) is 34.1 Å². The third kappa shape index (κ3) is 2.59. The van der Waals surface area contributed by atoms with Gasteiger partial charge in [0, 0.05) is 5.88 Å². The Morgan fingerprint density at radius 1 is 0.833 bits per heavy atom. The maximum Gasteiger partial charge on any atom is 0.200 e. The van der Waals surface area contributed by atoms with Crippen LogP contribution in [0.15, 0.2) is 4.90 Å². The maximum atomic E-state index is 13.2. The summed E-state index contributed by atoms with van der Waals surface area (Å²) in [5.74, 6) is -12.6. The van der Waals surface area contributed by atoms with Crippen LogP contribution in [0.1, 0.15) is 6.42 Å². The Labute approximate surface area is 104 Å². The lowest BCUT2D eigenvalue weighted by atomic mass is 10.3. The summed E-state index contributed by atoms with van der Waals surface area (Å²) in [5.41, 5.74) is 0. The maximum absolute atomic E-state index is 13.2. The first-order valence-corrected chi connectivity index (χ1v) is 6.73. The highest BCUT2D eigenvalue weighted by Gasteiger charge is 2.32. The van der Waals surface area contributed by atoms with E-state index in [1.165, 1.54) is 0 Å². The van der Waals surface area contributed by atoms with E-state index >= 15 is 0 Å². The van der Waals surface area contributed by atoms with E-state index in [2.05, 4.69) is 0 Å². The number of rotatable bonds is 4. The van der Waals surface area contributed by atoms with Gasteiger partial charge in [0.2, 0.25) is 5.82 Å². The first kappa shape index (κ1) is 15.2. The van der Waals surface area contributed by atoms with Gasteiger partial charge in [-0.05, 0) is 6.42 Å². The monoisotopic (exact) mass is 308 g/mol. The van der Waals surface area contributed by atoms with Crippen molar-refractivity contribution in [2.75, 3.05) is 11.6 Å². The molecule has 0 aliphatic rings. The average Bonchev–Trinajstić information content (AvgIpc) is 2.31. The van der Waals surface area contributed by atoms with Crippen LogP contribution in [-0.4, -0.2) is 20.1 Å². The van der Waals surface area contributed by atoms with E-state index in [-0.39, 0.29) is 12.3 Å². The molecule has 1 aromatic carbocycles. The fourth-order valence-corrected chi connectivity index (χ4v) is 2.95. The minimum atomic E-state index is -4.63. The molecule has 1 rings (SSSR count). The van der Waals surface area contributed by atoms with E-state index in [0.717, 1.165) is 0 Å². The van der Waals surface area contributed by atoms with Gasteiger partial charge in [-0.2, -0.15) is 0 Å². The molecule has 0 fully saturated rings. The number of alkyl halides is 1. The SMILES string of the molecule is O=S(=O)(CCCCl)c1c(F)c(F)c(F)c(F)c1F. The Bertz CT molecular complexity index is 544. The zero-order valence-corrected chi connectivity index (χ0v) is 10.2. The van der Waals surface area contributed by atoms with Crippen molar-refractivity contribution >= 4 is 21.4 Å². The fourth-order valence-electron chi connectivity index (χ4n) is 1.20. The zero-order chi connectivity index (χ0) is 14.1. The number of sulfone groups is 1. The van der Waals surface area contributed by atoms with Gasteiger partial charge >= 0.3 is 0 Å². The largest absolute Gasteiger partial charge is 0.223 e. The fraction of sp³-hybridized carbons (Fsp3) is 0.333. The lowest BCUT2D eigenvalue weighted by molar-refractivity contribution is 0.357. The van der Waals surface area contributed by atoms with Crippen molar-refractivity contribution in [2.45, 2.75) is 11.3 Å². The third-order valence-electron chi connectivity index (χ3n) is 2.03. The predicted molar refractivity (Wildman–Crippen MR) is 53.6 cm³/mol. The molecule has 0 atom stereocenters. The summed E-state index contributed by atoms with van der Waals surface area (Å²) in [5, 5.41) is 0. The molecule has 0 spiro atoms. The summed E-state index contributed by atoms with van der Waals surface area (Å²) < 4.78 is 87.6. The van der Waals surface area contributed by atoms with Gasteiger partial charge in [-0.1, -0.05) is 0 Å². The summed E-state index contributed by atoms with van der Waals surface area (Å²) >= 11 is 5.20. The molecular weight excluding hydrogens is 303 g/mol. The molecule has 0 saturated heterocycles. The minimum Gasteiger partial charge on any atom is -0.223 e. The molecule has 0 aromatic heterocycles. The first-order chi connectivity index (χ1) is 8.24. The molecule has 0 amide bonds. The first-order valence-electron chi connectivity index (χ1n) is 4.54. The van der Waals surface area contributed by atoms with Crippen molar-refractivity contribution in [1.82, 2.24) is 0 Å². The van der Waals surface area contributed by atoms with Crippen LogP contribution in [0.3, 0.4) is 0 Å². The van der Waals surface area contributed by atoms with Crippen LogP contribution in [0.2, 0.25) is 0 Å². The van der Waals surface area contributed by atoms with Crippen molar-refractivity contribution in [3.8, 4) is 0 Å². The molecule has 18 heavy (non-hydrogen) atoms. The Hall–Kier alpha value is -0.890. The molecule has 102 valence electrons. The molecule has 1 aromatic rings. The van der Waals surface area contributed by atoms with E-state index in [4.69, 9.17) is 11.6 Å². The van der Waals surface area contributed by atoms with E-state index in [9.17, 15) is 30.4 Å². The third-order valence-corrected chi connectivity index (χ3v) is 4.10. The van der Waals surface area contributed by atoms with Gasteiger partial charge < -0.3 is 0 Å². The second-order valence-corrected chi connectivity index (χ2v) is 5.68. The average molecular weight is 309 g/mol.